The van der Waals surface area contributed by atoms with E-state index in [9.17, 15) is 9.59 Å². The van der Waals surface area contributed by atoms with Gasteiger partial charge >= 0.3 is 0 Å². The molecule has 1 aliphatic rings. The third-order valence-electron chi connectivity index (χ3n) is 3.10. The van der Waals surface area contributed by atoms with Gasteiger partial charge < -0.3 is 15.0 Å². The minimum atomic E-state index is -0.0448. The minimum absolute atomic E-state index is 0.0146. The molecule has 0 radical (unpaired) electrons. The predicted molar refractivity (Wildman–Crippen MR) is 78.0 cm³/mol. The van der Waals surface area contributed by atoms with Gasteiger partial charge in [-0.1, -0.05) is 13.8 Å². The first-order valence-corrected chi connectivity index (χ1v) is 6.88. The van der Waals surface area contributed by atoms with Gasteiger partial charge in [0.1, 0.15) is 5.75 Å². The average Bonchev–Trinajstić information content (AvgIpc) is 2.38. The van der Waals surface area contributed by atoms with Gasteiger partial charge in [0.15, 0.2) is 6.61 Å². The SMILES string of the molecule is CCN1C(=O)COc2cc(NC(=O)CC(C)C)ccc21. The topological polar surface area (TPSA) is 58.6 Å². The number of benzene rings is 1. The highest BCUT2D eigenvalue weighted by molar-refractivity contribution is 5.99. The second-order valence-corrected chi connectivity index (χ2v) is 5.26. The van der Waals surface area contributed by atoms with Crippen LogP contribution in [0.3, 0.4) is 0 Å². The molecule has 5 nitrogen and oxygen atoms in total. The predicted octanol–water partition coefficient (Wildman–Crippen LogP) is 2.42. The van der Waals surface area contributed by atoms with Gasteiger partial charge in [-0.15, -0.1) is 0 Å². The zero-order valence-electron chi connectivity index (χ0n) is 12.1. The number of amides is 2. The quantitative estimate of drug-likeness (QED) is 0.918. The van der Waals surface area contributed by atoms with Crippen LogP contribution in [0.2, 0.25) is 0 Å². The highest BCUT2D eigenvalue weighted by atomic mass is 16.5. The molecule has 2 amide bonds. The Morgan fingerprint density at radius 3 is 2.85 bits per heavy atom. The van der Waals surface area contributed by atoms with E-state index in [4.69, 9.17) is 4.74 Å². The maximum absolute atomic E-state index is 11.7. The van der Waals surface area contributed by atoms with E-state index in [0.717, 1.165) is 5.69 Å². The molecule has 0 saturated heterocycles. The highest BCUT2D eigenvalue weighted by Gasteiger charge is 2.24. The summed E-state index contributed by atoms with van der Waals surface area (Å²) in [7, 11) is 0. The van der Waals surface area contributed by atoms with Gasteiger partial charge in [-0.25, -0.2) is 0 Å². The maximum Gasteiger partial charge on any atom is 0.265 e. The number of ether oxygens (including phenoxy) is 1. The fourth-order valence-electron chi connectivity index (χ4n) is 2.21. The number of hydrogen-bond donors (Lipinski definition) is 1. The molecular formula is C15H20N2O3. The van der Waals surface area contributed by atoms with Crippen molar-refractivity contribution in [1.29, 1.82) is 0 Å². The number of nitrogens with zero attached hydrogens (tertiary/aromatic N) is 1. The zero-order chi connectivity index (χ0) is 14.7. The second kappa shape index (κ2) is 5.94. The van der Waals surface area contributed by atoms with Crippen molar-refractivity contribution in [1.82, 2.24) is 0 Å². The van der Waals surface area contributed by atoms with E-state index in [2.05, 4.69) is 5.32 Å². The van der Waals surface area contributed by atoms with E-state index >= 15 is 0 Å². The lowest BCUT2D eigenvalue weighted by atomic mass is 10.1. The summed E-state index contributed by atoms with van der Waals surface area (Å²) in [5.74, 6) is 0.890. The zero-order valence-corrected chi connectivity index (χ0v) is 12.1. The van der Waals surface area contributed by atoms with Gasteiger partial charge in [-0.2, -0.15) is 0 Å². The first-order chi connectivity index (χ1) is 9.51. The second-order valence-electron chi connectivity index (χ2n) is 5.26. The van der Waals surface area contributed by atoms with E-state index in [-0.39, 0.29) is 18.4 Å². The van der Waals surface area contributed by atoms with Crippen molar-refractivity contribution in [3.05, 3.63) is 18.2 Å². The van der Waals surface area contributed by atoms with Crippen molar-refractivity contribution in [2.75, 3.05) is 23.4 Å². The number of anilines is 2. The van der Waals surface area contributed by atoms with Crippen LogP contribution in [0.5, 0.6) is 5.75 Å². The Balaban J connectivity index is 2.16. The van der Waals surface area contributed by atoms with Gasteiger partial charge in [0, 0.05) is 24.7 Å². The van der Waals surface area contributed by atoms with Crippen molar-refractivity contribution < 1.29 is 14.3 Å². The van der Waals surface area contributed by atoms with Crippen LogP contribution in [-0.2, 0) is 9.59 Å². The minimum Gasteiger partial charge on any atom is -0.481 e. The Labute approximate surface area is 118 Å². The molecule has 2 rings (SSSR count). The summed E-state index contributed by atoms with van der Waals surface area (Å²) in [6, 6.07) is 5.37. The number of hydrogen-bond acceptors (Lipinski definition) is 3. The molecule has 1 N–H and O–H groups in total. The van der Waals surface area contributed by atoms with Crippen molar-refractivity contribution >= 4 is 23.2 Å². The number of nitrogens with one attached hydrogen (secondary N) is 1. The third kappa shape index (κ3) is 3.10. The molecule has 5 heteroatoms. The molecule has 1 heterocycles. The van der Waals surface area contributed by atoms with Gasteiger partial charge in [0.2, 0.25) is 5.91 Å². The molecule has 0 aliphatic carbocycles. The molecule has 0 spiro atoms. The van der Waals surface area contributed by atoms with Crippen LogP contribution < -0.4 is 15.0 Å². The van der Waals surface area contributed by atoms with Crippen LogP contribution in [0.15, 0.2) is 18.2 Å². The maximum atomic E-state index is 11.7. The van der Waals surface area contributed by atoms with Crippen LogP contribution >= 0.6 is 0 Å². The molecule has 20 heavy (non-hydrogen) atoms. The molecule has 108 valence electrons. The van der Waals surface area contributed by atoms with Crippen LogP contribution in [0.1, 0.15) is 27.2 Å². The summed E-state index contributed by atoms with van der Waals surface area (Å²) in [6.45, 7) is 6.57. The van der Waals surface area contributed by atoms with Crippen molar-refractivity contribution in [2.24, 2.45) is 5.92 Å². The van der Waals surface area contributed by atoms with Gasteiger partial charge in [0.25, 0.3) is 5.91 Å². The molecule has 1 aliphatic heterocycles. The average molecular weight is 276 g/mol. The summed E-state index contributed by atoms with van der Waals surface area (Å²) in [5.41, 5.74) is 1.45. The van der Waals surface area contributed by atoms with Gasteiger partial charge in [-0.3, -0.25) is 9.59 Å². The van der Waals surface area contributed by atoms with Crippen LogP contribution in [0, 0.1) is 5.92 Å². The summed E-state index contributed by atoms with van der Waals surface area (Å²) in [6.07, 6.45) is 0.484. The van der Waals surface area contributed by atoms with Crippen molar-refractivity contribution in [3.63, 3.8) is 0 Å². The fraction of sp³-hybridized carbons (Fsp3) is 0.467. The lowest BCUT2D eigenvalue weighted by molar-refractivity contribution is -0.121. The van der Waals surface area contributed by atoms with Crippen LogP contribution in [0.25, 0.3) is 0 Å². The molecule has 0 bridgehead atoms. The Bertz CT molecular complexity index is 526. The van der Waals surface area contributed by atoms with Gasteiger partial charge in [0.05, 0.1) is 5.69 Å². The van der Waals surface area contributed by atoms with Crippen molar-refractivity contribution in [3.8, 4) is 5.75 Å². The summed E-state index contributed by atoms with van der Waals surface area (Å²) < 4.78 is 5.43. The van der Waals surface area contributed by atoms with E-state index < -0.39 is 0 Å². The summed E-state index contributed by atoms with van der Waals surface area (Å²) in [4.78, 5) is 25.1. The lowest BCUT2D eigenvalue weighted by Gasteiger charge is -2.28. The van der Waals surface area contributed by atoms with E-state index in [0.29, 0.717) is 30.3 Å². The molecule has 0 unspecified atom stereocenters. The molecule has 1 aromatic carbocycles. The normalized spacial score (nSPS) is 14.0. The summed E-state index contributed by atoms with van der Waals surface area (Å²) >= 11 is 0. The van der Waals surface area contributed by atoms with E-state index in [1.54, 1.807) is 23.1 Å². The smallest absolute Gasteiger partial charge is 0.265 e. The molecule has 0 fully saturated rings. The third-order valence-corrected chi connectivity index (χ3v) is 3.10. The Morgan fingerprint density at radius 1 is 1.45 bits per heavy atom. The number of carbonyl (C=O) groups excluding carboxylic acids is 2. The number of fused-ring (bicyclic) bond motifs is 1. The molecule has 0 aromatic heterocycles. The Kier molecular flexibility index (Phi) is 4.27. The number of carbonyl (C=O) groups is 2. The molecule has 1 aromatic rings. The number of likely N-dealkylation sites (N-methyl/N-ethyl adjacent to an activating group) is 1. The van der Waals surface area contributed by atoms with Crippen LogP contribution in [0.4, 0.5) is 11.4 Å². The highest BCUT2D eigenvalue weighted by Crippen LogP contribution is 2.34. The largest absolute Gasteiger partial charge is 0.481 e. The fourth-order valence-corrected chi connectivity index (χ4v) is 2.21. The lowest BCUT2D eigenvalue weighted by Crippen LogP contribution is -2.38. The first-order valence-electron chi connectivity index (χ1n) is 6.88. The number of rotatable bonds is 4. The Morgan fingerprint density at radius 2 is 2.20 bits per heavy atom. The molecular weight excluding hydrogens is 256 g/mol. The standard InChI is InChI=1S/C15H20N2O3/c1-4-17-12-6-5-11(16-14(18)7-10(2)3)8-13(12)20-9-15(17)19/h5-6,8,10H,4,7,9H2,1-3H3,(H,16,18). The molecule has 0 atom stereocenters. The summed E-state index contributed by atoms with van der Waals surface area (Å²) in [5, 5.41) is 2.85. The van der Waals surface area contributed by atoms with Crippen molar-refractivity contribution in [2.45, 2.75) is 27.2 Å². The first kappa shape index (κ1) is 14.4. The monoisotopic (exact) mass is 276 g/mol. The Hall–Kier alpha value is -2.04. The molecule has 0 saturated carbocycles. The van der Waals surface area contributed by atoms with Crippen LogP contribution in [-0.4, -0.2) is 25.0 Å². The van der Waals surface area contributed by atoms with E-state index in [1.165, 1.54) is 0 Å². The van der Waals surface area contributed by atoms with Gasteiger partial charge in [-0.05, 0) is 25.0 Å². The van der Waals surface area contributed by atoms with E-state index in [1.807, 2.05) is 20.8 Å².